The van der Waals surface area contributed by atoms with Crippen LogP contribution >= 0.6 is 0 Å². The number of methoxy groups -OCH3 is 1. The number of carboxylic acids is 1. The molecule has 1 heterocycles. The minimum Gasteiger partial charge on any atom is -0.481 e. The van der Waals surface area contributed by atoms with E-state index in [-0.39, 0.29) is 12.3 Å². The van der Waals surface area contributed by atoms with Gasteiger partial charge in [0.05, 0.1) is 13.5 Å². The summed E-state index contributed by atoms with van der Waals surface area (Å²) < 4.78 is 5.47. The van der Waals surface area contributed by atoms with Crippen molar-refractivity contribution in [3.05, 3.63) is 83.0 Å². The lowest BCUT2D eigenvalue weighted by Crippen LogP contribution is -2.30. The molecule has 0 fully saturated rings. The molecule has 6 nitrogen and oxygen atoms in total. The van der Waals surface area contributed by atoms with E-state index in [0.29, 0.717) is 37.4 Å². The summed E-state index contributed by atoms with van der Waals surface area (Å²) >= 11 is 0. The van der Waals surface area contributed by atoms with Gasteiger partial charge in [-0.1, -0.05) is 54.1 Å². The summed E-state index contributed by atoms with van der Waals surface area (Å²) in [6.45, 7) is 5.03. The Hall–Kier alpha value is -3.67. The molecule has 0 aliphatic rings. The number of hydrogen-bond acceptors (Lipinski definition) is 4. The summed E-state index contributed by atoms with van der Waals surface area (Å²) in [5, 5.41) is 9.19. The van der Waals surface area contributed by atoms with Crippen molar-refractivity contribution in [2.75, 3.05) is 13.7 Å². The van der Waals surface area contributed by atoms with Gasteiger partial charge < -0.3 is 14.7 Å². The number of aliphatic carboxylic acids is 1. The van der Waals surface area contributed by atoms with Gasteiger partial charge in [-0.05, 0) is 48.6 Å². The quantitative estimate of drug-likeness (QED) is 0.489. The standard InChI is InChI=1S/C27H30N2O4/c1-4-29(25(30)13-11-20-8-6-5-7-9-20)18-22-14-19(2)10-12-23(22)24-15-21(16-26(31)32)17-28-27(24)33-3/h5-10,12,14-15,17H,4,11,13,16,18H2,1-3H3,(H,31,32). The molecule has 6 heteroatoms. The molecule has 1 N–H and O–H groups in total. The van der Waals surface area contributed by atoms with Gasteiger partial charge in [0, 0.05) is 31.3 Å². The maximum atomic E-state index is 13.0. The SMILES string of the molecule is CCN(Cc1cc(C)ccc1-c1cc(CC(=O)O)cnc1OC)C(=O)CCc1ccccc1. The van der Waals surface area contributed by atoms with E-state index < -0.39 is 5.97 Å². The van der Waals surface area contributed by atoms with Crippen molar-refractivity contribution >= 4 is 11.9 Å². The molecule has 0 saturated heterocycles. The third kappa shape index (κ3) is 6.42. The summed E-state index contributed by atoms with van der Waals surface area (Å²) in [5.41, 5.74) is 5.39. The summed E-state index contributed by atoms with van der Waals surface area (Å²) in [5.74, 6) is -0.399. The fourth-order valence-electron chi connectivity index (χ4n) is 3.87. The van der Waals surface area contributed by atoms with E-state index in [1.165, 1.54) is 6.20 Å². The normalized spacial score (nSPS) is 10.6. The van der Waals surface area contributed by atoms with Gasteiger partial charge in [0.25, 0.3) is 0 Å². The summed E-state index contributed by atoms with van der Waals surface area (Å²) in [7, 11) is 1.54. The van der Waals surface area contributed by atoms with Gasteiger partial charge in [0.2, 0.25) is 11.8 Å². The minimum atomic E-state index is -0.918. The molecule has 0 atom stereocenters. The largest absolute Gasteiger partial charge is 0.481 e. The average Bonchev–Trinajstić information content (AvgIpc) is 2.81. The monoisotopic (exact) mass is 446 g/mol. The molecule has 3 aromatic rings. The molecule has 0 aliphatic heterocycles. The van der Waals surface area contributed by atoms with Crippen molar-refractivity contribution in [1.82, 2.24) is 9.88 Å². The number of amides is 1. The van der Waals surface area contributed by atoms with Crippen LogP contribution in [0.25, 0.3) is 11.1 Å². The summed E-state index contributed by atoms with van der Waals surface area (Å²) in [6, 6.07) is 17.8. The number of pyridine rings is 1. The van der Waals surface area contributed by atoms with Crippen LogP contribution in [0.4, 0.5) is 0 Å². The molecule has 2 aromatic carbocycles. The van der Waals surface area contributed by atoms with Gasteiger partial charge in [-0.2, -0.15) is 0 Å². The first-order chi connectivity index (χ1) is 15.9. The number of rotatable bonds is 10. The zero-order valence-corrected chi connectivity index (χ0v) is 19.4. The minimum absolute atomic E-state index is 0.0959. The predicted octanol–water partition coefficient (Wildman–Crippen LogP) is 4.67. The predicted molar refractivity (Wildman–Crippen MR) is 128 cm³/mol. The van der Waals surface area contributed by atoms with Crippen molar-refractivity contribution in [3.63, 3.8) is 0 Å². The second-order valence-corrected chi connectivity index (χ2v) is 8.03. The molecule has 172 valence electrons. The van der Waals surface area contributed by atoms with E-state index in [2.05, 4.69) is 11.1 Å². The zero-order valence-electron chi connectivity index (χ0n) is 19.4. The first-order valence-corrected chi connectivity index (χ1v) is 11.1. The van der Waals surface area contributed by atoms with Crippen LogP contribution in [0.3, 0.4) is 0 Å². The van der Waals surface area contributed by atoms with E-state index in [0.717, 1.165) is 27.8 Å². The van der Waals surface area contributed by atoms with Gasteiger partial charge in [0.1, 0.15) is 0 Å². The van der Waals surface area contributed by atoms with Crippen molar-refractivity contribution < 1.29 is 19.4 Å². The molecule has 0 radical (unpaired) electrons. The Labute approximate surface area is 194 Å². The number of aromatic nitrogens is 1. The summed E-state index contributed by atoms with van der Waals surface area (Å²) in [4.78, 5) is 30.4. The topological polar surface area (TPSA) is 79.7 Å². The van der Waals surface area contributed by atoms with Crippen LogP contribution in [0.15, 0.2) is 60.8 Å². The molecule has 1 aromatic heterocycles. The Morgan fingerprint density at radius 1 is 1.03 bits per heavy atom. The van der Waals surface area contributed by atoms with E-state index >= 15 is 0 Å². The lowest BCUT2D eigenvalue weighted by Gasteiger charge is -2.23. The number of benzene rings is 2. The highest BCUT2D eigenvalue weighted by Crippen LogP contribution is 2.33. The van der Waals surface area contributed by atoms with Crippen LogP contribution in [0.2, 0.25) is 0 Å². The molecule has 0 spiro atoms. The molecule has 1 amide bonds. The van der Waals surface area contributed by atoms with Crippen molar-refractivity contribution in [2.24, 2.45) is 0 Å². The number of carbonyl (C=O) groups excluding carboxylic acids is 1. The van der Waals surface area contributed by atoms with Crippen molar-refractivity contribution in [3.8, 4) is 17.0 Å². The molecular formula is C27H30N2O4. The zero-order chi connectivity index (χ0) is 23.8. The van der Waals surface area contributed by atoms with Crippen LogP contribution < -0.4 is 4.74 Å². The number of hydrogen-bond donors (Lipinski definition) is 1. The molecule has 0 saturated carbocycles. The Bertz CT molecular complexity index is 1110. The van der Waals surface area contributed by atoms with Crippen LogP contribution in [0, 0.1) is 6.92 Å². The number of ether oxygens (including phenoxy) is 1. The first kappa shape index (κ1) is 24.0. The van der Waals surface area contributed by atoms with Gasteiger partial charge in [-0.25, -0.2) is 4.98 Å². The number of aryl methyl sites for hydroxylation is 2. The Morgan fingerprint density at radius 2 is 1.79 bits per heavy atom. The Balaban J connectivity index is 1.89. The van der Waals surface area contributed by atoms with E-state index in [4.69, 9.17) is 4.74 Å². The van der Waals surface area contributed by atoms with Gasteiger partial charge in [-0.3, -0.25) is 9.59 Å². The van der Waals surface area contributed by atoms with Crippen molar-refractivity contribution in [1.29, 1.82) is 0 Å². The lowest BCUT2D eigenvalue weighted by molar-refractivity contribution is -0.136. The van der Waals surface area contributed by atoms with E-state index in [1.54, 1.807) is 7.11 Å². The fourth-order valence-corrected chi connectivity index (χ4v) is 3.87. The average molecular weight is 447 g/mol. The first-order valence-electron chi connectivity index (χ1n) is 11.1. The molecule has 33 heavy (non-hydrogen) atoms. The third-order valence-corrected chi connectivity index (χ3v) is 5.57. The Kier molecular flexibility index (Phi) is 8.19. The van der Waals surface area contributed by atoms with Gasteiger partial charge in [-0.15, -0.1) is 0 Å². The second-order valence-electron chi connectivity index (χ2n) is 8.03. The van der Waals surface area contributed by atoms with Gasteiger partial charge in [0.15, 0.2) is 0 Å². The molecule has 0 bridgehead atoms. The highest BCUT2D eigenvalue weighted by molar-refractivity contribution is 5.78. The maximum absolute atomic E-state index is 13.0. The molecule has 0 unspecified atom stereocenters. The van der Waals surface area contributed by atoms with Gasteiger partial charge >= 0.3 is 5.97 Å². The fraction of sp³-hybridized carbons (Fsp3) is 0.296. The smallest absolute Gasteiger partial charge is 0.307 e. The third-order valence-electron chi connectivity index (χ3n) is 5.57. The lowest BCUT2D eigenvalue weighted by atomic mass is 9.96. The summed E-state index contributed by atoms with van der Waals surface area (Å²) in [6.07, 6.45) is 2.55. The number of nitrogens with zero attached hydrogens (tertiary/aromatic N) is 2. The van der Waals surface area contributed by atoms with Crippen LogP contribution in [0.1, 0.15) is 35.6 Å². The van der Waals surface area contributed by atoms with E-state index in [9.17, 15) is 14.7 Å². The number of carboxylic acid groups (broad SMARTS) is 1. The molecule has 0 aliphatic carbocycles. The molecule has 3 rings (SSSR count). The molecular weight excluding hydrogens is 416 g/mol. The van der Waals surface area contributed by atoms with Crippen LogP contribution in [0.5, 0.6) is 5.88 Å². The highest BCUT2D eigenvalue weighted by atomic mass is 16.5. The number of carbonyl (C=O) groups is 2. The Morgan fingerprint density at radius 3 is 2.45 bits per heavy atom. The van der Waals surface area contributed by atoms with Crippen LogP contribution in [-0.2, 0) is 29.0 Å². The maximum Gasteiger partial charge on any atom is 0.307 e. The second kappa shape index (κ2) is 11.3. The highest BCUT2D eigenvalue weighted by Gasteiger charge is 2.18. The van der Waals surface area contributed by atoms with Crippen LogP contribution in [-0.4, -0.2) is 40.5 Å². The van der Waals surface area contributed by atoms with Crippen molar-refractivity contribution in [2.45, 2.75) is 39.7 Å². The van der Waals surface area contributed by atoms with E-state index in [1.807, 2.05) is 67.3 Å².